The fraction of sp³-hybridized carbons (Fsp3) is 0.429. The molecule has 0 N–H and O–H groups in total. The summed E-state index contributed by atoms with van der Waals surface area (Å²) in [5.41, 5.74) is 1.82. The summed E-state index contributed by atoms with van der Waals surface area (Å²) in [7, 11) is 0. The Kier molecular flexibility index (Phi) is 5.27. The van der Waals surface area contributed by atoms with Gasteiger partial charge < -0.3 is 14.7 Å². The van der Waals surface area contributed by atoms with Gasteiger partial charge in [0, 0.05) is 43.2 Å². The number of carbonyl (C=O) groups is 2. The number of likely N-dealkylation sites (N-methyl/N-ethyl adjacent to an activating group) is 1. The Morgan fingerprint density at radius 2 is 1.89 bits per heavy atom. The van der Waals surface area contributed by atoms with Crippen LogP contribution in [0.1, 0.15) is 40.2 Å². The van der Waals surface area contributed by atoms with Crippen LogP contribution in [-0.2, 0) is 11.3 Å². The molecule has 1 atom stereocenters. The molecule has 4 rings (SSSR count). The van der Waals surface area contributed by atoms with Crippen LogP contribution < -0.4 is 0 Å². The van der Waals surface area contributed by atoms with Crippen LogP contribution in [0.2, 0.25) is 0 Å². The lowest BCUT2D eigenvalue weighted by Gasteiger charge is -2.35. The predicted molar refractivity (Wildman–Crippen MR) is 107 cm³/mol. The van der Waals surface area contributed by atoms with Crippen molar-refractivity contribution in [3.8, 4) is 0 Å². The molecular formula is C21H25N3O2S. The van der Waals surface area contributed by atoms with Crippen molar-refractivity contribution >= 4 is 23.2 Å². The van der Waals surface area contributed by atoms with Crippen LogP contribution in [-0.4, -0.2) is 59.2 Å². The zero-order valence-electron chi connectivity index (χ0n) is 15.6. The Bertz CT molecular complexity index is 813. The topological polar surface area (TPSA) is 43.9 Å². The Labute approximate surface area is 164 Å². The summed E-state index contributed by atoms with van der Waals surface area (Å²) < 4.78 is 0. The highest BCUT2D eigenvalue weighted by Crippen LogP contribution is 2.35. The lowest BCUT2D eigenvalue weighted by molar-refractivity contribution is -0.134. The largest absolute Gasteiger partial charge is 0.340 e. The number of carbonyl (C=O) groups excluding carboxylic acids is 2. The van der Waals surface area contributed by atoms with E-state index in [9.17, 15) is 9.59 Å². The van der Waals surface area contributed by atoms with Gasteiger partial charge in [-0.25, -0.2) is 0 Å². The van der Waals surface area contributed by atoms with Gasteiger partial charge in [-0.2, -0.15) is 0 Å². The van der Waals surface area contributed by atoms with Crippen molar-refractivity contribution in [3.63, 3.8) is 0 Å². The molecule has 2 aliphatic rings. The molecule has 2 amide bonds. The molecule has 2 aromatic rings. The molecule has 2 aliphatic heterocycles. The number of nitrogens with zero attached hydrogens (tertiary/aromatic N) is 3. The van der Waals surface area contributed by atoms with Gasteiger partial charge in [-0.3, -0.25) is 9.59 Å². The number of fused-ring (bicyclic) bond motifs is 1. The minimum Gasteiger partial charge on any atom is -0.340 e. The van der Waals surface area contributed by atoms with Crippen molar-refractivity contribution in [2.75, 3.05) is 32.7 Å². The first kappa shape index (κ1) is 18.2. The summed E-state index contributed by atoms with van der Waals surface area (Å²) in [6, 6.07) is 11.6. The van der Waals surface area contributed by atoms with Crippen molar-refractivity contribution in [1.82, 2.24) is 14.7 Å². The summed E-state index contributed by atoms with van der Waals surface area (Å²) in [6.07, 6.45) is 0.354. The summed E-state index contributed by atoms with van der Waals surface area (Å²) >= 11 is 1.62. The van der Waals surface area contributed by atoms with Gasteiger partial charge in [-0.1, -0.05) is 31.2 Å². The average Bonchev–Trinajstić information content (AvgIpc) is 3.35. The zero-order chi connectivity index (χ0) is 18.8. The van der Waals surface area contributed by atoms with Crippen molar-refractivity contribution in [1.29, 1.82) is 0 Å². The molecule has 0 spiro atoms. The summed E-state index contributed by atoms with van der Waals surface area (Å²) in [6.45, 7) is 7.17. The third kappa shape index (κ3) is 3.64. The Morgan fingerprint density at radius 3 is 2.56 bits per heavy atom. The highest BCUT2D eigenvalue weighted by Gasteiger charge is 2.36. The van der Waals surface area contributed by atoms with E-state index in [1.807, 2.05) is 51.6 Å². The Balaban J connectivity index is 1.52. The highest BCUT2D eigenvalue weighted by molar-refractivity contribution is 7.10. The third-order valence-corrected chi connectivity index (χ3v) is 6.61. The van der Waals surface area contributed by atoms with E-state index in [2.05, 4.69) is 11.8 Å². The molecule has 6 heteroatoms. The van der Waals surface area contributed by atoms with E-state index in [1.165, 1.54) is 0 Å². The number of hydrogen-bond acceptors (Lipinski definition) is 4. The Hall–Kier alpha value is -2.18. The molecule has 1 saturated heterocycles. The van der Waals surface area contributed by atoms with Gasteiger partial charge in [0.2, 0.25) is 5.91 Å². The molecule has 5 nitrogen and oxygen atoms in total. The molecule has 0 saturated carbocycles. The minimum absolute atomic E-state index is 0.0348. The van der Waals surface area contributed by atoms with Crippen LogP contribution in [0.5, 0.6) is 0 Å². The molecule has 1 aromatic heterocycles. The molecule has 1 unspecified atom stereocenters. The smallest absolute Gasteiger partial charge is 0.255 e. The molecule has 27 heavy (non-hydrogen) atoms. The molecular weight excluding hydrogens is 358 g/mol. The van der Waals surface area contributed by atoms with E-state index in [0.717, 1.165) is 48.7 Å². The summed E-state index contributed by atoms with van der Waals surface area (Å²) in [4.78, 5) is 33.3. The van der Waals surface area contributed by atoms with E-state index >= 15 is 0 Å². The molecule has 0 aliphatic carbocycles. The van der Waals surface area contributed by atoms with Crippen molar-refractivity contribution < 1.29 is 9.59 Å². The van der Waals surface area contributed by atoms with E-state index in [0.29, 0.717) is 13.0 Å². The first-order valence-corrected chi connectivity index (χ1v) is 10.5. The van der Waals surface area contributed by atoms with Crippen molar-refractivity contribution in [2.45, 2.75) is 25.9 Å². The van der Waals surface area contributed by atoms with Crippen LogP contribution in [0.15, 0.2) is 41.8 Å². The van der Waals surface area contributed by atoms with E-state index in [-0.39, 0.29) is 17.9 Å². The van der Waals surface area contributed by atoms with Crippen LogP contribution in [0.25, 0.3) is 0 Å². The van der Waals surface area contributed by atoms with Gasteiger partial charge in [0.05, 0.1) is 12.5 Å². The molecule has 1 fully saturated rings. The third-order valence-electron chi connectivity index (χ3n) is 5.64. The normalized spacial score (nSPS) is 18.6. The van der Waals surface area contributed by atoms with E-state index in [4.69, 9.17) is 0 Å². The molecule has 1 aromatic carbocycles. The SMILES string of the molecule is CCN1CCN(C(=O)CC(c2cccs2)N2Cc3ccccc3C2=O)CC1. The summed E-state index contributed by atoms with van der Waals surface area (Å²) in [5, 5.41) is 2.01. The minimum atomic E-state index is -0.193. The second kappa shape index (κ2) is 7.82. The van der Waals surface area contributed by atoms with E-state index < -0.39 is 0 Å². The quantitative estimate of drug-likeness (QED) is 0.797. The van der Waals surface area contributed by atoms with Gasteiger partial charge in [0.25, 0.3) is 5.91 Å². The van der Waals surface area contributed by atoms with Gasteiger partial charge in [-0.05, 0) is 29.6 Å². The van der Waals surface area contributed by atoms with Crippen LogP contribution in [0.3, 0.4) is 0 Å². The maximum Gasteiger partial charge on any atom is 0.255 e. The van der Waals surface area contributed by atoms with Crippen LogP contribution in [0.4, 0.5) is 0 Å². The van der Waals surface area contributed by atoms with Gasteiger partial charge in [0.1, 0.15) is 0 Å². The van der Waals surface area contributed by atoms with Crippen LogP contribution >= 0.6 is 11.3 Å². The Morgan fingerprint density at radius 1 is 1.11 bits per heavy atom. The van der Waals surface area contributed by atoms with Crippen molar-refractivity contribution in [2.24, 2.45) is 0 Å². The van der Waals surface area contributed by atoms with Gasteiger partial charge in [-0.15, -0.1) is 11.3 Å². The fourth-order valence-corrected chi connectivity index (χ4v) is 4.82. The molecule has 0 radical (unpaired) electrons. The van der Waals surface area contributed by atoms with E-state index in [1.54, 1.807) is 11.3 Å². The first-order chi connectivity index (χ1) is 13.2. The van der Waals surface area contributed by atoms with Crippen LogP contribution in [0, 0.1) is 0 Å². The standard InChI is InChI=1S/C21H25N3O2S/c1-2-22-9-11-23(12-10-22)20(25)14-18(19-8-5-13-27-19)24-15-16-6-3-4-7-17(16)21(24)26/h3-8,13,18H,2,9-12,14-15H2,1H3. The number of hydrogen-bond donors (Lipinski definition) is 0. The highest BCUT2D eigenvalue weighted by atomic mass is 32.1. The lowest BCUT2D eigenvalue weighted by Crippen LogP contribution is -2.49. The monoisotopic (exact) mass is 383 g/mol. The first-order valence-electron chi connectivity index (χ1n) is 9.59. The maximum atomic E-state index is 13.0. The molecule has 3 heterocycles. The average molecular weight is 384 g/mol. The number of benzene rings is 1. The maximum absolute atomic E-state index is 13.0. The zero-order valence-corrected chi connectivity index (χ0v) is 16.5. The number of amides is 2. The molecule has 142 valence electrons. The predicted octanol–water partition coefficient (Wildman–Crippen LogP) is 3.00. The van der Waals surface area contributed by atoms with Gasteiger partial charge in [0.15, 0.2) is 0 Å². The second-order valence-electron chi connectivity index (χ2n) is 7.14. The second-order valence-corrected chi connectivity index (χ2v) is 8.12. The lowest BCUT2D eigenvalue weighted by atomic mass is 10.1. The number of piperazine rings is 1. The molecule has 0 bridgehead atoms. The number of thiophene rings is 1. The van der Waals surface area contributed by atoms with Gasteiger partial charge >= 0.3 is 0 Å². The summed E-state index contributed by atoms with van der Waals surface area (Å²) in [5.74, 6) is 0.181. The number of rotatable bonds is 5. The van der Waals surface area contributed by atoms with Crippen molar-refractivity contribution in [3.05, 3.63) is 57.8 Å². The fourth-order valence-electron chi connectivity index (χ4n) is 3.98.